The van der Waals surface area contributed by atoms with Crippen molar-refractivity contribution >= 4 is 15.7 Å². The number of aliphatic hydroxyl groups is 1. The average Bonchev–Trinajstić information content (AvgIpc) is 2.38. The Balaban J connectivity index is 2.37. The second-order valence-electron chi connectivity index (χ2n) is 4.20. The van der Waals surface area contributed by atoms with Crippen LogP contribution in [0.2, 0.25) is 0 Å². The van der Waals surface area contributed by atoms with E-state index in [1.54, 1.807) is 0 Å². The van der Waals surface area contributed by atoms with Crippen molar-refractivity contribution in [3.8, 4) is 0 Å². The number of halogens is 1. The highest BCUT2D eigenvalue weighted by Gasteiger charge is 2.33. The molecule has 0 aliphatic carbocycles. The monoisotopic (exact) mass is 290 g/mol. The molecule has 106 valence electrons. The topological polar surface area (TPSA) is 92.9 Å². The fourth-order valence-electron chi connectivity index (χ4n) is 1.95. The molecule has 1 heterocycles. The van der Waals surface area contributed by atoms with Gasteiger partial charge in [-0.15, -0.1) is 0 Å². The summed E-state index contributed by atoms with van der Waals surface area (Å²) in [7, 11) is -4.02. The number of nitrogen functional groups attached to an aromatic ring is 1. The van der Waals surface area contributed by atoms with Crippen molar-refractivity contribution < 1.29 is 22.7 Å². The molecule has 19 heavy (non-hydrogen) atoms. The van der Waals surface area contributed by atoms with Crippen LogP contribution >= 0.6 is 0 Å². The summed E-state index contributed by atoms with van der Waals surface area (Å²) in [6.45, 7) is -0.0587. The zero-order valence-corrected chi connectivity index (χ0v) is 10.9. The van der Waals surface area contributed by atoms with Crippen molar-refractivity contribution in [2.75, 3.05) is 32.0 Å². The van der Waals surface area contributed by atoms with Crippen molar-refractivity contribution in [3.05, 3.63) is 24.0 Å². The maximum absolute atomic E-state index is 13.7. The van der Waals surface area contributed by atoms with Gasteiger partial charge in [0, 0.05) is 13.1 Å². The van der Waals surface area contributed by atoms with Gasteiger partial charge >= 0.3 is 0 Å². The number of nitrogens with zero attached hydrogens (tertiary/aromatic N) is 1. The second kappa shape index (κ2) is 5.41. The fraction of sp³-hybridized carbons (Fsp3) is 0.455. The molecule has 1 aliphatic rings. The molecule has 1 saturated heterocycles. The summed E-state index contributed by atoms with van der Waals surface area (Å²) in [5.41, 5.74) is 5.42. The number of hydrogen-bond donors (Lipinski definition) is 2. The highest BCUT2D eigenvalue weighted by Crippen LogP contribution is 2.26. The number of rotatable bonds is 3. The molecule has 6 nitrogen and oxygen atoms in total. The third kappa shape index (κ3) is 2.71. The van der Waals surface area contributed by atoms with E-state index in [9.17, 15) is 12.8 Å². The summed E-state index contributed by atoms with van der Waals surface area (Å²) in [4.78, 5) is -0.520. The van der Waals surface area contributed by atoms with Crippen LogP contribution in [0.4, 0.5) is 10.1 Å². The lowest BCUT2D eigenvalue weighted by Crippen LogP contribution is -2.47. The van der Waals surface area contributed by atoms with Crippen LogP contribution in [-0.2, 0) is 14.8 Å². The Labute approximate surface area is 110 Å². The number of sulfonamides is 1. The van der Waals surface area contributed by atoms with Crippen LogP contribution in [0.25, 0.3) is 0 Å². The highest BCUT2D eigenvalue weighted by molar-refractivity contribution is 7.89. The van der Waals surface area contributed by atoms with Crippen molar-refractivity contribution in [2.24, 2.45) is 0 Å². The Hall–Kier alpha value is -1.22. The average molecular weight is 290 g/mol. The van der Waals surface area contributed by atoms with Crippen LogP contribution in [0.3, 0.4) is 0 Å². The molecular formula is C11H15FN2O4S. The Morgan fingerprint density at radius 1 is 1.53 bits per heavy atom. The number of morpholine rings is 1. The molecule has 2 rings (SSSR count). The summed E-state index contributed by atoms with van der Waals surface area (Å²) in [5, 5.41) is 9.01. The lowest BCUT2D eigenvalue weighted by molar-refractivity contribution is -0.0305. The molecule has 0 amide bonds. The first-order valence-corrected chi connectivity index (χ1v) is 7.17. The molecule has 1 aliphatic heterocycles. The van der Waals surface area contributed by atoms with E-state index in [0.717, 1.165) is 10.4 Å². The second-order valence-corrected chi connectivity index (χ2v) is 6.07. The highest BCUT2D eigenvalue weighted by atomic mass is 32.2. The summed E-state index contributed by atoms with van der Waals surface area (Å²) in [6, 6.07) is 3.73. The Morgan fingerprint density at radius 3 is 2.89 bits per heavy atom. The van der Waals surface area contributed by atoms with Crippen molar-refractivity contribution in [1.82, 2.24) is 4.31 Å². The molecule has 0 saturated carbocycles. The van der Waals surface area contributed by atoms with E-state index < -0.39 is 26.8 Å². The lowest BCUT2D eigenvalue weighted by Gasteiger charge is -2.31. The zero-order chi connectivity index (χ0) is 14.0. The predicted molar refractivity (Wildman–Crippen MR) is 66.4 cm³/mol. The molecule has 1 unspecified atom stereocenters. The minimum Gasteiger partial charge on any atom is -0.398 e. The Kier molecular flexibility index (Phi) is 4.04. The molecule has 0 bridgehead atoms. The molecule has 1 aromatic rings. The summed E-state index contributed by atoms with van der Waals surface area (Å²) in [5.74, 6) is -0.882. The number of ether oxygens (including phenoxy) is 1. The first kappa shape index (κ1) is 14.2. The number of aliphatic hydroxyl groups excluding tert-OH is 1. The van der Waals surface area contributed by atoms with Crippen LogP contribution < -0.4 is 5.73 Å². The first-order chi connectivity index (χ1) is 8.96. The van der Waals surface area contributed by atoms with Gasteiger partial charge in [0.2, 0.25) is 10.0 Å². The molecule has 1 atom stereocenters. The molecule has 3 N–H and O–H groups in total. The minimum absolute atomic E-state index is 0.0212. The van der Waals surface area contributed by atoms with Gasteiger partial charge in [-0.1, -0.05) is 6.07 Å². The predicted octanol–water partition coefficient (Wildman–Crippen LogP) is -0.210. The normalized spacial score (nSPS) is 21.5. The van der Waals surface area contributed by atoms with Crippen LogP contribution in [0, 0.1) is 5.82 Å². The van der Waals surface area contributed by atoms with Gasteiger partial charge in [-0.25, -0.2) is 12.8 Å². The quantitative estimate of drug-likeness (QED) is 0.751. The molecule has 0 spiro atoms. The largest absolute Gasteiger partial charge is 0.398 e. The maximum Gasteiger partial charge on any atom is 0.248 e. The summed E-state index contributed by atoms with van der Waals surface area (Å²) >= 11 is 0. The number of nitrogens with two attached hydrogens (primary N) is 1. The smallest absolute Gasteiger partial charge is 0.248 e. The molecular weight excluding hydrogens is 275 g/mol. The Morgan fingerprint density at radius 2 is 2.26 bits per heavy atom. The summed E-state index contributed by atoms with van der Waals surface area (Å²) in [6.07, 6.45) is -0.600. The van der Waals surface area contributed by atoms with E-state index in [0.29, 0.717) is 0 Å². The molecule has 1 fully saturated rings. The summed E-state index contributed by atoms with van der Waals surface area (Å²) < 4.78 is 44.7. The fourth-order valence-corrected chi connectivity index (χ4v) is 3.56. The van der Waals surface area contributed by atoms with Crippen LogP contribution in [0.1, 0.15) is 0 Å². The van der Waals surface area contributed by atoms with E-state index in [-0.39, 0.29) is 32.0 Å². The third-order valence-corrected chi connectivity index (χ3v) is 4.86. The van der Waals surface area contributed by atoms with Crippen molar-refractivity contribution in [2.45, 2.75) is 11.0 Å². The molecule has 0 radical (unpaired) electrons. The number of benzene rings is 1. The van der Waals surface area contributed by atoms with Crippen LogP contribution in [0.5, 0.6) is 0 Å². The standard InChI is InChI=1S/C11H15FN2O4S/c12-9-2-1-3-10(13)11(9)19(16,17)14-4-5-18-8(6-14)7-15/h1-3,8,15H,4-7,13H2. The molecule has 8 heteroatoms. The minimum atomic E-state index is -4.02. The number of anilines is 1. The van der Waals surface area contributed by atoms with Gasteiger partial charge < -0.3 is 15.6 Å². The van der Waals surface area contributed by atoms with E-state index in [2.05, 4.69) is 0 Å². The van der Waals surface area contributed by atoms with Crippen LogP contribution in [0.15, 0.2) is 23.1 Å². The van der Waals surface area contributed by atoms with Gasteiger partial charge in [-0.05, 0) is 12.1 Å². The van der Waals surface area contributed by atoms with Gasteiger partial charge in [0.15, 0.2) is 0 Å². The molecule has 0 aromatic heterocycles. The third-order valence-electron chi connectivity index (χ3n) is 2.90. The number of hydrogen-bond acceptors (Lipinski definition) is 5. The molecule has 1 aromatic carbocycles. The SMILES string of the molecule is Nc1cccc(F)c1S(=O)(=O)N1CCOC(CO)C1. The zero-order valence-electron chi connectivity index (χ0n) is 10.1. The Bertz CT molecular complexity index is 544. The van der Waals surface area contributed by atoms with E-state index in [1.165, 1.54) is 12.1 Å². The van der Waals surface area contributed by atoms with Gasteiger partial charge in [0.1, 0.15) is 10.7 Å². The van der Waals surface area contributed by atoms with E-state index >= 15 is 0 Å². The van der Waals surface area contributed by atoms with Crippen LogP contribution in [-0.4, -0.2) is 50.2 Å². The van der Waals surface area contributed by atoms with Gasteiger partial charge in [-0.3, -0.25) is 0 Å². The van der Waals surface area contributed by atoms with Crippen molar-refractivity contribution in [1.29, 1.82) is 0 Å². The lowest BCUT2D eigenvalue weighted by atomic mass is 10.3. The van der Waals surface area contributed by atoms with E-state index in [4.69, 9.17) is 15.6 Å². The first-order valence-electron chi connectivity index (χ1n) is 5.73. The maximum atomic E-state index is 13.7. The van der Waals surface area contributed by atoms with E-state index in [1.807, 2.05) is 0 Å². The van der Waals surface area contributed by atoms with Gasteiger partial charge in [-0.2, -0.15) is 4.31 Å². The van der Waals surface area contributed by atoms with Gasteiger partial charge in [0.25, 0.3) is 0 Å². The van der Waals surface area contributed by atoms with Gasteiger partial charge in [0.05, 0.1) is 25.0 Å². The van der Waals surface area contributed by atoms with Crippen molar-refractivity contribution in [3.63, 3.8) is 0 Å².